The quantitative estimate of drug-likeness (QED) is 0.840. The summed E-state index contributed by atoms with van der Waals surface area (Å²) in [6.45, 7) is 0. The van der Waals surface area contributed by atoms with Crippen molar-refractivity contribution in [2.75, 3.05) is 5.32 Å². The smallest absolute Gasteiger partial charge is 0.262 e. The van der Waals surface area contributed by atoms with E-state index in [4.69, 9.17) is 27.6 Å². The Morgan fingerprint density at radius 2 is 2.19 bits per heavy atom. The van der Waals surface area contributed by atoms with Crippen LogP contribution in [0.5, 0.6) is 0 Å². The monoisotopic (exact) mass is 257 g/mol. The number of halogens is 2. The molecule has 0 fully saturated rings. The third kappa shape index (κ3) is 2.32. The molecule has 0 saturated heterocycles. The molecule has 0 aromatic carbocycles. The van der Waals surface area contributed by atoms with Crippen molar-refractivity contribution >= 4 is 35.1 Å². The van der Waals surface area contributed by atoms with E-state index < -0.39 is 5.91 Å². The van der Waals surface area contributed by atoms with Crippen LogP contribution in [0.1, 0.15) is 10.4 Å². The van der Waals surface area contributed by atoms with Crippen LogP contribution in [0.15, 0.2) is 29.0 Å². The fourth-order valence-electron chi connectivity index (χ4n) is 1.02. The Labute approximate surface area is 100 Å². The zero-order valence-corrected chi connectivity index (χ0v) is 9.29. The molecule has 2 aromatic rings. The highest BCUT2D eigenvalue weighted by Gasteiger charge is 2.14. The SMILES string of the molecule is O=C(Nc1nccc(Cl)n1)c1ccoc1Cl. The van der Waals surface area contributed by atoms with Crippen molar-refractivity contribution in [1.29, 1.82) is 0 Å². The fourth-order valence-corrected chi connectivity index (χ4v) is 1.36. The molecule has 0 unspecified atom stereocenters. The van der Waals surface area contributed by atoms with Crippen molar-refractivity contribution < 1.29 is 9.21 Å². The summed E-state index contributed by atoms with van der Waals surface area (Å²) in [5, 5.41) is 2.69. The average Bonchev–Trinajstić information content (AvgIpc) is 2.64. The Hall–Kier alpha value is -1.59. The van der Waals surface area contributed by atoms with Gasteiger partial charge in [-0.2, -0.15) is 0 Å². The first kappa shape index (κ1) is 10.9. The van der Waals surface area contributed by atoms with Crippen molar-refractivity contribution in [3.8, 4) is 0 Å². The summed E-state index contributed by atoms with van der Waals surface area (Å²) in [6, 6.07) is 2.95. The first-order valence-corrected chi connectivity index (χ1v) is 4.95. The third-order valence-corrected chi connectivity index (χ3v) is 2.21. The number of hydrogen-bond acceptors (Lipinski definition) is 4. The molecule has 2 heterocycles. The highest BCUT2D eigenvalue weighted by atomic mass is 35.5. The van der Waals surface area contributed by atoms with E-state index >= 15 is 0 Å². The van der Waals surface area contributed by atoms with E-state index in [0.717, 1.165) is 0 Å². The van der Waals surface area contributed by atoms with Gasteiger partial charge in [0.2, 0.25) is 11.2 Å². The molecule has 0 aliphatic carbocycles. The van der Waals surface area contributed by atoms with Crippen molar-refractivity contribution in [3.63, 3.8) is 0 Å². The number of nitrogens with one attached hydrogen (secondary N) is 1. The Balaban J connectivity index is 2.17. The van der Waals surface area contributed by atoms with Crippen LogP contribution >= 0.6 is 23.2 Å². The van der Waals surface area contributed by atoms with Crippen LogP contribution in [-0.4, -0.2) is 15.9 Å². The van der Waals surface area contributed by atoms with Crippen LogP contribution in [-0.2, 0) is 0 Å². The van der Waals surface area contributed by atoms with E-state index in [1.54, 1.807) is 0 Å². The average molecular weight is 258 g/mol. The van der Waals surface area contributed by atoms with Gasteiger partial charge in [0.05, 0.1) is 11.8 Å². The van der Waals surface area contributed by atoms with Crippen LogP contribution in [0.3, 0.4) is 0 Å². The minimum absolute atomic E-state index is 0.0135. The zero-order valence-electron chi connectivity index (χ0n) is 7.78. The molecule has 5 nitrogen and oxygen atoms in total. The molecule has 0 bridgehead atoms. The first-order valence-electron chi connectivity index (χ1n) is 4.19. The molecular weight excluding hydrogens is 253 g/mol. The van der Waals surface area contributed by atoms with Crippen LogP contribution in [0.25, 0.3) is 0 Å². The van der Waals surface area contributed by atoms with Gasteiger partial charge < -0.3 is 4.42 Å². The Bertz CT molecular complexity index is 527. The van der Waals surface area contributed by atoms with E-state index in [0.29, 0.717) is 0 Å². The number of nitrogens with zero attached hydrogens (tertiary/aromatic N) is 2. The predicted molar refractivity (Wildman–Crippen MR) is 58.7 cm³/mol. The van der Waals surface area contributed by atoms with E-state index in [9.17, 15) is 4.79 Å². The van der Waals surface area contributed by atoms with Crippen molar-refractivity contribution in [1.82, 2.24) is 9.97 Å². The number of carbonyl (C=O) groups excluding carboxylic acids is 1. The lowest BCUT2D eigenvalue weighted by Crippen LogP contribution is -2.13. The summed E-state index contributed by atoms with van der Waals surface area (Å²) in [4.78, 5) is 19.2. The molecule has 0 aliphatic heterocycles. The lowest BCUT2D eigenvalue weighted by molar-refractivity contribution is 0.102. The molecule has 0 atom stereocenters. The maximum atomic E-state index is 11.6. The Morgan fingerprint density at radius 1 is 1.38 bits per heavy atom. The highest BCUT2D eigenvalue weighted by molar-refractivity contribution is 6.32. The normalized spacial score (nSPS) is 10.1. The number of furan rings is 1. The number of amides is 1. The van der Waals surface area contributed by atoms with Crippen LogP contribution in [0.4, 0.5) is 5.95 Å². The van der Waals surface area contributed by atoms with Crippen molar-refractivity contribution in [3.05, 3.63) is 40.5 Å². The van der Waals surface area contributed by atoms with Gasteiger partial charge in [-0.05, 0) is 23.7 Å². The van der Waals surface area contributed by atoms with E-state index in [1.165, 1.54) is 24.6 Å². The van der Waals surface area contributed by atoms with Gasteiger partial charge in [0.1, 0.15) is 5.15 Å². The summed E-state index contributed by atoms with van der Waals surface area (Å²) in [5.74, 6) is -0.351. The first-order chi connectivity index (χ1) is 7.66. The summed E-state index contributed by atoms with van der Waals surface area (Å²) < 4.78 is 4.78. The molecule has 7 heteroatoms. The minimum Gasteiger partial charge on any atom is -0.452 e. The van der Waals surface area contributed by atoms with Gasteiger partial charge in [0.25, 0.3) is 5.91 Å². The number of hydrogen-bond donors (Lipinski definition) is 1. The number of rotatable bonds is 2. The fraction of sp³-hybridized carbons (Fsp3) is 0. The number of anilines is 1. The molecule has 1 N–H and O–H groups in total. The molecule has 16 heavy (non-hydrogen) atoms. The lowest BCUT2D eigenvalue weighted by Gasteiger charge is -2.01. The summed E-state index contributed by atoms with van der Waals surface area (Å²) in [5.41, 5.74) is 0.213. The van der Waals surface area contributed by atoms with Gasteiger partial charge in [-0.25, -0.2) is 9.97 Å². The maximum absolute atomic E-state index is 11.6. The zero-order chi connectivity index (χ0) is 11.5. The Kier molecular flexibility index (Phi) is 3.07. The number of carbonyl (C=O) groups is 1. The third-order valence-electron chi connectivity index (χ3n) is 1.71. The van der Waals surface area contributed by atoms with Gasteiger partial charge in [-0.3, -0.25) is 10.1 Å². The van der Waals surface area contributed by atoms with Gasteiger partial charge in [-0.1, -0.05) is 11.6 Å². The van der Waals surface area contributed by atoms with E-state index in [1.807, 2.05) is 0 Å². The maximum Gasteiger partial charge on any atom is 0.262 e. The summed E-state index contributed by atoms with van der Waals surface area (Å²) >= 11 is 11.3. The topological polar surface area (TPSA) is 68.0 Å². The molecule has 0 radical (unpaired) electrons. The minimum atomic E-state index is -0.457. The van der Waals surface area contributed by atoms with E-state index in [-0.39, 0.29) is 21.9 Å². The van der Waals surface area contributed by atoms with E-state index in [2.05, 4.69) is 15.3 Å². The molecule has 2 rings (SSSR count). The lowest BCUT2D eigenvalue weighted by atomic mass is 10.3. The largest absolute Gasteiger partial charge is 0.452 e. The second-order valence-corrected chi connectivity index (χ2v) is 3.50. The molecule has 0 saturated carbocycles. The van der Waals surface area contributed by atoms with Gasteiger partial charge >= 0.3 is 0 Å². The van der Waals surface area contributed by atoms with Crippen molar-refractivity contribution in [2.45, 2.75) is 0 Å². The molecule has 1 amide bonds. The second kappa shape index (κ2) is 4.51. The summed E-state index contributed by atoms with van der Waals surface area (Å²) in [7, 11) is 0. The molecule has 2 aromatic heterocycles. The number of aromatic nitrogens is 2. The van der Waals surface area contributed by atoms with Crippen molar-refractivity contribution in [2.24, 2.45) is 0 Å². The second-order valence-electron chi connectivity index (χ2n) is 2.77. The predicted octanol–water partition coefficient (Wildman–Crippen LogP) is 2.63. The molecule has 82 valence electrons. The molecule has 0 aliphatic rings. The van der Waals surface area contributed by atoms with Crippen LogP contribution < -0.4 is 5.32 Å². The van der Waals surface area contributed by atoms with Gasteiger partial charge in [0.15, 0.2) is 0 Å². The Morgan fingerprint density at radius 3 is 2.81 bits per heavy atom. The summed E-state index contributed by atoms with van der Waals surface area (Å²) in [6.07, 6.45) is 2.75. The van der Waals surface area contributed by atoms with Gasteiger partial charge in [0, 0.05) is 6.20 Å². The molecular formula is C9H5Cl2N3O2. The van der Waals surface area contributed by atoms with Crippen LogP contribution in [0, 0.1) is 0 Å². The van der Waals surface area contributed by atoms with Crippen LogP contribution in [0.2, 0.25) is 10.4 Å². The highest BCUT2D eigenvalue weighted by Crippen LogP contribution is 2.17. The van der Waals surface area contributed by atoms with Gasteiger partial charge in [-0.15, -0.1) is 0 Å². The molecule has 0 spiro atoms. The standard InChI is InChI=1S/C9H5Cl2N3O2/c10-6-1-3-12-9(13-6)14-8(15)5-2-4-16-7(5)11/h1-4H,(H,12,13,14,15).